The maximum atomic E-state index is 5.00. The van der Waals surface area contributed by atoms with Crippen LogP contribution in [0.3, 0.4) is 0 Å². The van der Waals surface area contributed by atoms with E-state index in [1.807, 2.05) is 0 Å². The van der Waals surface area contributed by atoms with Crippen LogP contribution in [0, 0.1) is 0 Å². The molecule has 0 bridgehead atoms. The lowest BCUT2D eigenvalue weighted by molar-refractivity contribution is 0.922. The van der Waals surface area contributed by atoms with Crippen LogP contribution in [0.2, 0.25) is 0 Å². The summed E-state index contributed by atoms with van der Waals surface area (Å²) in [5, 5.41) is 4.46. The lowest BCUT2D eigenvalue weighted by Crippen LogP contribution is -1.98. The molecule has 2 aliphatic heterocycles. The highest BCUT2D eigenvalue weighted by Crippen LogP contribution is 2.49. The van der Waals surface area contributed by atoms with Gasteiger partial charge < -0.3 is 0 Å². The molecule has 4 heteroatoms. The smallest absolute Gasteiger partial charge is 0.101 e. The first-order chi connectivity index (χ1) is 18.7. The van der Waals surface area contributed by atoms with Gasteiger partial charge in [0.05, 0.1) is 11.4 Å². The van der Waals surface area contributed by atoms with Gasteiger partial charge in [0.1, 0.15) is 10.1 Å². The monoisotopic (exact) mass is 530 g/mol. The molecule has 2 heterocycles. The number of hydrogen-bond donors (Lipinski definition) is 0. The number of hydrogen-bond acceptors (Lipinski definition) is 4. The van der Waals surface area contributed by atoms with E-state index in [1.54, 1.807) is 23.5 Å². The third-order valence-corrected chi connectivity index (χ3v) is 8.80. The summed E-state index contributed by atoms with van der Waals surface area (Å²) in [5.74, 6) is 0. The predicted molar refractivity (Wildman–Crippen MR) is 169 cm³/mol. The van der Waals surface area contributed by atoms with E-state index >= 15 is 0 Å². The molecule has 0 atom stereocenters. The molecule has 0 amide bonds. The molecule has 2 aliphatic rings. The van der Waals surface area contributed by atoms with E-state index < -0.39 is 0 Å². The Morgan fingerprint density at radius 3 is 1.34 bits per heavy atom. The van der Waals surface area contributed by atoms with Crippen LogP contribution in [0.5, 0.6) is 0 Å². The summed E-state index contributed by atoms with van der Waals surface area (Å²) in [6, 6.07) is 26.4. The maximum absolute atomic E-state index is 5.00. The van der Waals surface area contributed by atoms with Gasteiger partial charge in [-0.05, 0) is 71.5 Å². The van der Waals surface area contributed by atoms with E-state index in [0.29, 0.717) is 0 Å². The maximum Gasteiger partial charge on any atom is 0.101 e. The van der Waals surface area contributed by atoms with E-state index in [-0.39, 0.29) is 0 Å². The van der Waals surface area contributed by atoms with Crippen molar-refractivity contribution >= 4 is 67.9 Å². The van der Waals surface area contributed by atoms with Crippen molar-refractivity contribution in [3.8, 4) is 0 Å². The second kappa shape index (κ2) is 11.2. The molecule has 0 N–H and O–H groups in total. The van der Waals surface area contributed by atoms with Crippen LogP contribution < -0.4 is 0 Å². The molecule has 4 aromatic carbocycles. The average molecular weight is 531 g/mol. The average Bonchev–Trinajstić information content (AvgIpc) is 2.95. The Morgan fingerprint density at radius 1 is 0.526 bits per heavy atom. The van der Waals surface area contributed by atoms with Gasteiger partial charge in [-0.3, -0.25) is 0 Å². The molecule has 0 saturated carbocycles. The highest BCUT2D eigenvalue weighted by Gasteiger charge is 2.22. The van der Waals surface area contributed by atoms with Gasteiger partial charge in [-0.15, -0.1) is 0 Å². The Labute approximate surface area is 233 Å². The molecule has 188 valence electrons. The summed E-state index contributed by atoms with van der Waals surface area (Å²) in [4.78, 5) is 12.5. The summed E-state index contributed by atoms with van der Waals surface area (Å²) >= 11 is 3.47. The van der Waals surface area contributed by atoms with Gasteiger partial charge in [-0.25, -0.2) is 9.98 Å². The first kappa shape index (κ1) is 25.0. The van der Waals surface area contributed by atoms with E-state index in [1.165, 1.54) is 55.7 Å². The fraction of sp³-hybridized carbons (Fsp3) is 0.176. The number of rotatable bonds is 8. The molecule has 4 aromatic rings. The minimum absolute atomic E-state index is 1.01. The summed E-state index contributed by atoms with van der Waals surface area (Å²) in [5.41, 5.74) is 7.24. The Hall–Kier alpha value is -3.34. The Balaban J connectivity index is 1.25. The van der Waals surface area contributed by atoms with Gasteiger partial charge >= 0.3 is 0 Å². The first-order valence-electron chi connectivity index (χ1n) is 13.4. The third-order valence-electron chi connectivity index (χ3n) is 6.80. The van der Waals surface area contributed by atoms with Gasteiger partial charge in [0.2, 0.25) is 0 Å². The van der Waals surface area contributed by atoms with Gasteiger partial charge in [-0.1, -0.05) is 111 Å². The molecule has 0 unspecified atom stereocenters. The van der Waals surface area contributed by atoms with Crippen LogP contribution >= 0.6 is 23.5 Å². The van der Waals surface area contributed by atoms with Crippen molar-refractivity contribution in [1.82, 2.24) is 0 Å². The van der Waals surface area contributed by atoms with Crippen molar-refractivity contribution in [3.05, 3.63) is 107 Å². The molecule has 6 rings (SSSR count). The highest BCUT2D eigenvalue weighted by molar-refractivity contribution is 8.15. The highest BCUT2D eigenvalue weighted by atomic mass is 32.2. The molecular weight excluding hydrogens is 501 g/mol. The van der Waals surface area contributed by atoms with Crippen molar-refractivity contribution in [2.24, 2.45) is 9.98 Å². The van der Waals surface area contributed by atoms with Gasteiger partial charge in [0.25, 0.3) is 0 Å². The fourth-order valence-electron chi connectivity index (χ4n) is 4.91. The molecule has 0 aromatic heterocycles. The van der Waals surface area contributed by atoms with E-state index in [4.69, 9.17) is 9.98 Å². The van der Waals surface area contributed by atoms with Crippen LogP contribution in [0.4, 0.5) is 11.4 Å². The Morgan fingerprint density at radius 2 is 0.947 bits per heavy atom. The van der Waals surface area contributed by atoms with Crippen LogP contribution in [0.1, 0.15) is 48.9 Å². The molecular formula is C34H30N2S2. The Kier molecular flexibility index (Phi) is 7.35. The summed E-state index contributed by atoms with van der Waals surface area (Å²) in [7, 11) is 0. The number of thioether (sulfide) groups is 2. The zero-order chi connectivity index (χ0) is 25.9. The second-order valence-corrected chi connectivity index (χ2v) is 11.8. The van der Waals surface area contributed by atoms with Crippen molar-refractivity contribution in [2.75, 3.05) is 0 Å². The lowest BCUT2D eigenvalue weighted by atomic mass is 10.1. The van der Waals surface area contributed by atoms with Crippen LogP contribution in [0.25, 0.3) is 22.9 Å². The SMILES string of the molecule is CCCc1ccc(/C=C/C2=Nc3ccc4c5c(ccc(c35)S2)N=C(/C=C/c2ccc(CCC)cc2)S4)cc1. The van der Waals surface area contributed by atoms with E-state index in [0.717, 1.165) is 34.3 Å². The minimum atomic E-state index is 1.01. The third kappa shape index (κ3) is 5.29. The summed E-state index contributed by atoms with van der Waals surface area (Å²) in [6.45, 7) is 4.43. The van der Waals surface area contributed by atoms with E-state index in [2.05, 4.69) is 111 Å². The normalized spacial score (nSPS) is 14.4. The van der Waals surface area contributed by atoms with Crippen molar-refractivity contribution in [1.29, 1.82) is 0 Å². The van der Waals surface area contributed by atoms with Crippen molar-refractivity contribution in [2.45, 2.75) is 49.3 Å². The Bertz CT molecular complexity index is 1480. The number of benzene rings is 4. The molecule has 2 nitrogen and oxygen atoms in total. The summed E-state index contributed by atoms with van der Waals surface area (Å²) < 4.78 is 0. The number of aliphatic imine (C=N–C) groups is 2. The number of aryl methyl sites for hydroxylation is 2. The second-order valence-electron chi connectivity index (χ2n) is 9.67. The molecule has 0 spiro atoms. The van der Waals surface area contributed by atoms with E-state index in [9.17, 15) is 0 Å². The van der Waals surface area contributed by atoms with Gasteiger partial charge in [0.15, 0.2) is 0 Å². The number of nitrogens with zero attached hydrogens (tertiary/aromatic N) is 2. The van der Waals surface area contributed by atoms with Crippen LogP contribution in [-0.2, 0) is 12.8 Å². The largest absolute Gasteiger partial charge is 0.241 e. The zero-order valence-corrected chi connectivity index (χ0v) is 23.4. The summed E-state index contributed by atoms with van der Waals surface area (Å²) in [6.07, 6.45) is 13.2. The minimum Gasteiger partial charge on any atom is -0.241 e. The predicted octanol–water partition coefficient (Wildman–Crippen LogP) is 10.4. The lowest BCUT2D eigenvalue weighted by Gasteiger charge is -2.21. The quantitative estimate of drug-likeness (QED) is 0.226. The van der Waals surface area contributed by atoms with Crippen molar-refractivity contribution in [3.63, 3.8) is 0 Å². The van der Waals surface area contributed by atoms with Gasteiger partial charge in [-0.2, -0.15) is 0 Å². The first-order valence-corrected chi connectivity index (χ1v) is 15.0. The molecule has 0 aliphatic carbocycles. The van der Waals surface area contributed by atoms with Crippen molar-refractivity contribution < 1.29 is 0 Å². The standard InChI is InChI=1S/C34H30N2S2/c1-3-5-23-7-11-25(12-8-23)15-21-31-35-27-17-20-30-34-28(18-19-29(37-31)33(27)34)36-32(38-30)22-16-26-13-9-24(6-4-2)10-14-26/h7-22H,3-6H2,1-2H3/b21-15+,22-16+. The topological polar surface area (TPSA) is 24.7 Å². The molecule has 0 saturated heterocycles. The molecule has 0 radical (unpaired) electrons. The molecule has 0 fully saturated rings. The van der Waals surface area contributed by atoms with Crippen LogP contribution in [0.15, 0.2) is 105 Å². The van der Waals surface area contributed by atoms with Crippen LogP contribution in [-0.4, -0.2) is 10.1 Å². The fourth-order valence-corrected chi connectivity index (χ4v) is 6.81. The molecule has 38 heavy (non-hydrogen) atoms. The van der Waals surface area contributed by atoms with Gasteiger partial charge in [0, 0.05) is 20.6 Å². The zero-order valence-electron chi connectivity index (χ0n) is 21.8.